The molecule has 0 aromatic carbocycles. The van der Waals surface area contributed by atoms with Crippen molar-refractivity contribution in [3.05, 3.63) is 0 Å². The van der Waals surface area contributed by atoms with Gasteiger partial charge in [-0.05, 0) is 25.7 Å². The van der Waals surface area contributed by atoms with E-state index in [1.165, 1.54) is 6.42 Å². The van der Waals surface area contributed by atoms with Crippen molar-refractivity contribution in [1.29, 1.82) is 0 Å². The number of carbonyl (C=O) groups is 2. The third kappa shape index (κ3) is 4.78. The Morgan fingerprint density at radius 2 is 1.90 bits per heavy atom. The number of nitrogens with zero attached hydrogens (tertiary/aromatic N) is 1. The molecule has 0 spiro atoms. The molecule has 1 fully saturated rings. The first-order valence-electron chi connectivity index (χ1n) is 7.65. The summed E-state index contributed by atoms with van der Waals surface area (Å²) < 4.78 is 0. The van der Waals surface area contributed by atoms with Gasteiger partial charge in [-0.25, -0.2) is 0 Å². The number of aliphatic hydroxyl groups excluding tert-OH is 1. The molecular formula is C15H28N2O3. The number of amides is 2. The molecule has 20 heavy (non-hydrogen) atoms. The first kappa shape index (κ1) is 17.0. The molecule has 2 N–H and O–H groups in total. The highest BCUT2D eigenvalue weighted by Gasteiger charge is 2.31. The minimum atomic E-state index is -1.17. The number of hydrogen-bond acceptors (Lipinski definition) is 3. The molecule has 2 amide bonds. The molecule has 0 heterocycles. The van der Waals surface area contributed by atoms with E-state index in [0.29, 0.717) is 12.5 Å². The Bertz CT molecular complexity index is 314. The van der Waals surface area contributed by atoms with Gasteiger partial charge in [-0.3, -0.25) is 9.59 Å². The summed E-state index contributed by atoms with van der Waals surface area (Å²) in [7, 11) is 0. The minimum absolute atomic E-state index is 0.156. The smallest absolute Gasteiger partial charge is 0.250 e. The summed E-state index contributed by atoms with van der Waals surface area (Å²) in [5.41, 5.74) is 0. The van der Waals surface area contributed by atoms with Gasteiger partial charge in [-0.15, -0.1) is 0 Å². The van der Waals surface area contributed by atoms with Crippen LogP contribution in [0.4, 0.5) is 0 Å². The maximum atomic E-state index is 11.9. The van der Waals surface area contributed by atoms with Crippen LogP contribution in [0.2, 0.25) is 0 Å². The minimum Gasteiger partial charge on any atom is -0.381 e. The zero-order chi connectivity index (χ0) is 15.1. The van der Waals surface area contributed by atoms with Gasteiger partial charge < -0.3 is 15.3 Å². The van der Waals surface area contributed by atoms with Gasteiger partial charge in [0.25, 0.3) is 5.91 Å². The van der Waals surface area contributed by atoms with Crippen LogP contribution in [0.15, 0.2) is 0 Å². The van der Waals surface area contributed by atoms with E-state index in [0.717, 1.165) is 32.1 Å². The average molecular weight is 284 g/mol. The summed E-state index contributed by atoms with van der Waals surface area (Å²) in [6.07, 6.45) is 4.96. The second kappa shape index (κ2) is 8.25. The van der Waals surface area contributed by atoms with Gasteiger partial charge in [0, 0.05) is 12.6 Å². The normalized spacial score (nSPS) is 19.4. The van der Waals surface area contributed by atoms with Crippen LogP contribution in [0.25, 0.3) is 0 Å². The summed E-state index contributed by atoms with van der Waals surface area (Å²) in [5, 5.41) is 12.8. The van der Waals surface area contributed by atoms with Crippen LogP contribution in [0.1, 0.15) is 52.9 Å². The number of aliphatic hydroxyl groups is 1. The molecule has 5 nitrogen and oxygen atoms in total. The predicted molar refractivity (Wildman–Crippen MR) is 78.1 cm³/mol. The number of nitrogens with one attached hydrogen (secondary N) is 1. The standard InChI is InChI=1S/C15H28N2O3/c1-11(2)9-16-15(20)14(19)12(3)17(10-18)13-7-5-4-6-8-13/h10-14,19H,4-9H2,1-3H3,(H,16,20). The van der Waals surface area contributed by atoms with E-state index in [2.05, 4.69) is 5.32 Å². The Labute approximate surface area is 121 Å². The fourth-order valence-electron chi connectivity index (χ4n) is 2.69. The van der Waals surface area contributed by atoms with Crippen molar-refractivity contribution in [3.63, 3.8) is 0 Å². The maximum absolute atomic E-state index is 11.9. The quantitative estimate of drug-likeness (QED) is 0.692. The molecule has 1 saturated carbocycles. The van der Waals surface area contributed by atoms with E-state index >= 15 is 0 Å². The highest BCUT2D eigenvalue weighted by atomic mass is 16.3. The van der Waals surface area contributed by atoms with Gasteiger partial charge in [-0.2, -0.15) is 0 Å². The monoisotopic (exact) mass is 284 g/mol. The van der Waals surface area contributed by atoms with Crippen molar-refractivity contribution < 1.29 is 14.7 Å². The van der Waals surface area contributed by atoms with E-state index in [-0.39, 0.29) is 6.04 Å². The van der Waals surface area contributed by atoms with Crippen LogP contribution >= 0.6 is 0 Å². The SMILES string of the molecule is CC(C)CNC(=O)C(O)C(C)N(C=O)C1CCCCC1. The average Bonchev–Trinajstić information content (AvgIpc) is 2.45. The molecule has 1 aliphatic carbocycles. The summed E-state index contributed by atoms with van der Waals surface area (Å²) in [4.78, 5) is 24.8. The third-order valence-corrected chi connectivity index (χ3v) is 4.00. The first-order chi connectivity index (χ1) is 9.47. The van der Waals surface area contributed by atoms with Crippen molar-refractivity contribution in [2.45, 2.75) is 71.1 Å². The van der Waals surface area contributed by atoms with Crippen molar-refractivity contribution in [2.75, 3.05) is 6.54 Å². The van der Waals surface area contributed by atoms with Gasteiger partial charge >= 0.3 is 0 Å². The van der Waals surface area contributed by atoms with Crippen LogP contribution in [-0.2, 0) is 9.59 Å². The van der Waals surface area contributed by atoms with Crippen molar-refractivity contribution >= 4 is 12.3 Å². The van der Waals surface area contributed by atoms with Crippen LogP contribution in [0.5, 0.6) is 0 Å². The molecule has 0 radical (unpaired) electrons. The van der Waals surface area contributed by atoms with Crippen molar-refractivity contribution in [1.82, 2.24) is 10.2 Å². The van der Waals surface area contributed by atoms with Gasteiger partial charge in [0.15, 0.2) is 6.10 Å². The maximum Gasteiger partial charge on any atom is 0.250 e. The fourth-order valence-corrected chi connectivity index (χ4v) is 2.69. The molecule has 2 atom stereocenters. The molecule has 0 aromatic heterocycles. The second-order valence-electron chi connectivity index (χ2n) is 6.17. The lowest BCUT2D eigenvalue weighted by atomic mass is 9.93. The molecule has 1 rings (SSSR count). The number of carbonyl (C=O) groups excluding carboxylic acids is 2. The Hall–Kier alpha value is -1.10. The van der Waals surface area contributed by atoms with Crippen LogP contribution in [0, 0.1) is 5.92 Å². The fraction of sp³-hybridized carbons (Fsp3) is 0.867. The van der Waals surface area contributed by atoms with E-state index in [4.69, 9.17) is 0 Å². The lowest BCUT2D eigenvalue weighted by Crippen LogP contribution is -2.52. The summed E-state index contributed by atoms with van der Waals surface area (Å²) in [6, 6.07) is -0.327. The van der Waals surface area contributed by atoms with Gasteiger partial charge in [-0.1, -0.05) is 33.1 Å². The van der Waals surface area contributed by atoms with Gasteiger partial charge in [0.2, 0.25) is 6.41 Å². The van der Waals surface area contributed by atoms with E-state index < -0.39 is 18.1 Å². The van der Waals surface area contributed by atoms with E-state index in [1.807, 2.05) is 13.8 Å². The highest BCUT2D eigenvalue weighted by molar-refractivity contribution is 5.81. The molecule has 5 heteroatoms. The van der Waals surface area contributed by atoms with Crippen molar-refractivity contribution in [3.8, 4) is 0 Å². The Balaban J connectivity index is 2.57. The van der Waals surface area contributed by atoms with Crippen LogP contribution in [-0.4, -0.2) is 47.1 Å². The molecular weight excluding hydrogens is 256 g/mol. The molecule has 0 saturated heterocycles. The second-order valence-corrected chi connectivity index (χ2v) is 6.17. The Morgan fingerprint density at radius 1 is 1.30 bits per heavy atom. The Kier molecular flexibility index (Phi) is 6.99. The molecule has 2 unspecified atom stereocenters. The summed E-state index contributed by atoms with van der Waals surface area (Å²) in [6.45, 7) is 6.27. The summed E-state index contributed by atoms with van der Waals surface area (Å²) >= 11 is 0. The molecule has 0 bridgehead atoms. The molecule has 116 valence electrons. The van der Waals surface area contributed by atoms with E-state index in [1.54, 1.807) is 11.8 Å². The zero-order valence-electron chi connectivity index (χ0n) is 12.8. The third-order valence-electron chi connectivity index (χ3n) is 4.00. The van der Waals surface area contributed by atoms with Crippen molar-refractivity contribution in [2.24, 2.45) is 5.92 Å². The van der Waals surface area contributed by atoms with Gasteiger partial charge in [0.05, 0.1) is 6.04 Å². The molecule has 1 aliphatic rings. The lowest BCUT2D eigenvalue weighted by Gasteiger charge is -2.37. The molecule has 0 aliphatic heterocycles. The largest absolute Gasteiger partial charge is 0.381 e. The van der Waals surface area contributed by atoms with Crippen LogP contribution < -0.4 is 5.32 Å². The first-order valence-corrected chi connectivity index (χ1v) is 7.65. The lowest BCUT2D eigenvalue weighted by molar-refractivity contribution is -0.137. The Morgan fingerprint density at radius 3 is 2.40 bits per heavy atom. The topological polar surface area (TPSA) is 69.6 Å². The molecule has 0 aromatic rings. The zero-order valence-corrected chi connectivity index (χ0v) is 12.8. The van der Waals surface area contributed by atoms with Crippen LogP contribution in [0.3, 0.4) is 0 Å². The highest BCUT2D eigenvalue weighted by Crippen LogP contribution is 2.24. The predicted octanol–water partition coefficient (Wildman–Crippen LogP) is 1.30. The number of rotatable bonds is 7. The van der Waals surface area contributed by atoms with E-state index in [9.17, 15) is 14.7 Å². The number of hydrogen-bond donors (Lipinski definition) is 2. The summed E-state index contributed by atoms with van der Waals surface area (Å²) in [5.74, 6) is -0.0594. The van der Waals surface area contributed by atoms with Gasteiger partial charge in [0.1, 0.15) is 0 Å².